The number of hydrogen-bond donors (Lipinski definition) is 11. The highest BCUT2D eigenvalue weighted by Crippen LogP contribution is 2.31. The highest BCUT2D eigenvalue weighted by atomic mass is 16.7. The van der Waals surface area contributed by atoms with Crippen LogP contribution in [0.4, 0.5) is 0 Å². The van der Waals surface area contributed by atoms with E-state index in [-0.39, 0.29) is 19.5 Å². The molecule has 194 valence electrons. The zero-order chi connectivity index (χ0) is 24.6. The van der Waals surface area contributed by atoms with Crippen LogP contribution in [0, 0.1) is 0 Å². The fourth-order valence-corrected chi connectivity index (χ4v) is 4.40. The SMILES string of the molecule is NC[C@H]1O[C@H](O[C@H]2C(O)[C@@H](O[C@H]3O[C@H](CN)[C@@H](O)[C@H](O)[C@H]3O)[C@H](N)C[C@@H]2N)[C@H](O)[C@@H](O)[C@@H]1O. The number of nitrogens with two attached hydrogens (primary N) is 4. The Kier molecular flexibility index (Phi) is 8.99. The molecule has 1 saturated carbocycles. The van der Waals surface area contributed by atoms with E-state index < -0.39 is 91.8 Å². The van der Waals surface area contributed by atoms with Crippen molar-refractivity contribution in [1.82, 2.24) is 0 Å². The van der Waals surface area contributed by atoms with Gasteiger partial charge < -0.3 is 77.6 Å². The van der Waals surface area contributed by atoms with Crippen LogP contribution in [0.25, 0.3) is 0 Å². The Hall–Kier alpha value is -0.600. The molecule has 0 aromatic heterocycles. The first-order chi connectivity index (χ1) is 15.5. The minimum absolute atomic E-state index is 0.0784. The van der Waals surface area contributed by atoms with E-state index in [1.54, 1.807) is 0 Å². The normalized spacial score (nSPS) is 53.7. The Morgan fingerprint density at radius 1 is 0.576 bits per heavy atom. The minimum Gasteiger partial charge on any atom is -0.388 e. The van der Waals surface area contributed by atoms with Gasteiger partial charge in [0.1, 0.15) is 67.1 Å². The van der Waals surface area contributed by atoms with E-state index in [9.17, 15) is 35.7 Å². The van der Waals surface area contributed by atoms with E-state index in [1.807, 2.05) is 0 Å². The first-order valence-electron chi connectivity index (χ1n) is 10.8. The summed E-state index contributed by atoms with van der Waals surface area (Å²) in [4.78, 5) is 0. The second kappa shape index (κ2) is 11.0. The summed E-state index contributed by atoms with van der Waals surface area (Å²) in [6.45, 7) is -0.345. The topological polar surface area (TPSA) is 283 Å². The molecule has 0 aromatic rings. The van der Waals surface area contributed by atoms with Crippen molar-refractivity contribution in [2.45, 2.75) is 98.2 Å². The third-order valence-electron chi connectivity index (χ3n) is 6.45. The van der Waals surface area contributed by atoms with Gasteiger partial charge in [-0.15, -0.1) is 0 Å². The molecule has 0 radical (unpaired) electrons. The van der Waals surface area contributed by atoms with Gasteiger partial charge in [0, 0.05) is 25.2 Å². The van der Waals surface area contributed by atoms with Crippen molar-refractivity contribution in [3.05, 3.63) is 0 Å². The smallest absolute Gasteiger partial charge is 0.187 e. The third-order valence-corrected chi connectivity index (χ3v) is 6.45. The van der Waals surface area contributed by atoms with Crippen LogP contribution in [0.15, 0.2) is 0 Å². The highest BCUT2D eigenvalue weighted by Gasteiger charge is 2.51. The van der Waals surface area contributed by atoms with E-state index in [0.717, 1.165) is 0 Å². The van der Waals surface area contributed by atoms with E-state index in [1.165, 1.54) is 0 Å². The maximum atomic E-state index is 10.9. The average Bonchev–Trinajstić information content (AvgIpc) is 2.79. The van der Waals surface area contributed by atoms with E-state index in [0.29, 0.717) is 0 Å². The molecule has 1 aliphatic carbocycles. The van der Waals surface area contributed by atoms with Gasteiger partial charge in [0.05, 0.1) is 0 Å². The largest absolute Gasteiger partial charge is 0.388 e. The molecule has 33 heavy (non-hydrogen) atoms. The molecule has 3 aliphatic rings. The van der Waals surface area contributed by atoms with Crippen LogP contribution in [0.3, 0.4) is 0 Å². The number of rotatable bonds is 6. The molecule has 2 heterocycles. The lowest BCUT2D eigenvalue weighted by molar-refractivity contribution is -0.336. The zero-order valence-corrected chi connectivity index (χ0v) is 17.9. The predicted molar refractivity (Wildman–Crippen MR) is 108 cm³/mol. The second-order valence-electron chi connectivity index (χ2n) is 8.76. The van der Waals surface area contributed by atoms with Gasteiger partial charge in [-0.3, -0.25) is 0 Å². The summed E-state index contributed by atoms with van der Waals surface area (Å²) >= 11 is 0. The summed E-state index contributed by atoms with van der Waals surface area (Å²) in [5, 5.41) is 71.4. The van der Waals surface area contributed by atoms with E-state index in [4.69, 9.17) is 41.9 Å². The standard InChI is InChI=1S/C18H36N4O11/c19-2-6-8(23)10(25)12(27)17(30-6)32-15-4(21)1-5(22)16(14(15)29)33-18-13(28)11(26)9(24)7(3-20)31-18/h4-18,23-29H,1-3,19-22H2/t4-,5+,6-,7-,8-,9-,10+,11+,12-,13-,14?,15+,16-,17-,18-/m1/s1. The molecule has 3 rings (SSSR count). The first-order valence-corrected chi connectivity index (χ1v) is 10.8. The third kappa shape index (κ3) is 5.32. The van der Waals surface area contributed by atoms with Crippen molar-refractivity contribution < 1.29 is 54.7 Å². The van der Waals surface area contributed by atoms with Gasteiger partial charge in [-0.25, -0.2) is 0 Å². The van der Waals surface area contributed by atoms with Crippen molar-refractivity contribution in [3.63, 3.8) is 0 Å². The Balaban J connectivity index is 1.72. The summed E-state index contributed by atoms with van der Waals surface area (Å²) in [6.07, 6.45) is -18.3. The highest BCUT2D eigenvalue weighted by molar-refractivity contribution is 5.01. The maximum absolute atomic E-state index is 10.9. The average molecular weight is 485 g/mol. The zero-order valence-electron chi connectivity index (χ0n) is 17.9. The molecule has 2 saturated heterocycles. The Labute approximate surface area is 189 Å². The van der Waals surface area contributed by atoms with Crippen LogP contribution in [-0.2, 0) is 18.9 Å². The van der Waals surface area contributed by atoms with Gasteiger partial charge in [-0.05, 0) is 6.42 Å². The minimum atomic E-state index is -1.66. The van der Waals surface area contributed by atoms with Crippen LogP contribution >= 0.6 is 0 Å². The fourth-order valence-electron chi connectivity index (χ4n) is 4.40. The van der Waals surface area contributed by atoms with Crippen molar-refractivity contribution in [2.24, 2.45) is 22.9 Å². The summed E-state index contributed by atoms with van der Waals surface area (Å²) < 4.78 is 22.2. The van der Waals surface area contributed by atoms with Gasteiger partial charge in [0.25, 0.3) is 0 Å². The fraction of sp³-hybridized carbons (Fsp3) is 1.00. The lowest BCUT2D eigenvalue weighted by Crippen LogP contribution is -2.68. The lowest BCUT2D eigenvalue weighted by atomic mass is 9.84. The Bertz CT molecular complexity index is 584. The molecular formula is C18H36N4O11. The molecule has 15 nitrogen and oxygen atoms in total. The van der Waals surface area contributed by atoms with Crippen LogP contribution in [-0.4, -0.2) is 141 Å². The van der Waals surface area contributed by atoms with Crippen molar-refractivity contribution in [3.8, 4) is 0 Å². The molecule has 1 unspecified atom stereocenters. The molecule has 3 fully saturated rings. The van der Waals surface area contributed by atoms with Gasteiger partial charge in [0.15, 0.2) is 12.6 Å². The van der Waals surface area contributed by atoms with Gasteiger partial charge in [-0.1, -0.05) is 0 Å². The van der Waals surface area contributed by atoms with Crippen LogP contribution in [0.5, 0.6) is 0 Å². The molecule has 0 amide bonds. The van der Waals surface area contributed by atoms with Gasteiger partial charge >= 0.3 is 0 Å². The lowest BCUT2D eigenvalue weighted by Gasteiger charge is -2.48. The molecule has 0 aromatic carbocycles. The number of aliphatic hydroxyl groups is 7. The molecule has 15 atom stereocenters. The van der Waals surface area contributed by atoms with Crippen LogP contribution < -0.4 is 22.9 Å². The Morgan fingerprint density at radius 2 is 0.939 bits per heavy atom. The predicted octanol–water partition coefficient (Wildman–Crippen LogP) is -7.29. The number of hydrogen-bond acceptors (Lipinski definition) is 15. The molecular weight excluding hydrogens is 448 g/mol. The maximum Gasteiger partial charge on any atom is 0.187 e. The molecule has 15 heteroatoms. The van der Waals surface area contributed by atoms with E-state index >= 15 is 0 Å². The van der Waals surface area contributed by atoms with Crippen molar-refractivity contribution in [1.29, 1.82) is 0 Å². The van der Waals surface area contributed by atoms with Gasteiger partial charge in [-0.2, -0.15) is 0 Å². The van der Waals surface area contributed by atoms with Crippen LogP contribution in [0.1, 0.15) is 6.42 Å². The summed E-state index contributed by atoms with van der Waals surface area (Å²) in [6, 6.07) is -1.68. The quantitative estimate of drug-likeness (QED) is 0.167. The van der Waals surface area contributed by atoms with Crippen molar-refractivity contribution in [2.75, 3.05) is 13.1 Å². The molecule has 0 spiro atoms. The number of ether oxygens (including phenoxy) is 4. The summed E-state index contributed by atoms with van der Waals surface area (Å²) in [5.41, 5.74) is 23.2. The van der Waals surface area contributed by atoms with Gasteiger partial charge in [0.2, 0.25) is 0 Å². The number of aliphatic hydroxyl groups excluding tert-OH is 7. The van der Waals surface area contributed by atoms with Crippen molar-refractivity contribution >= 4 is 0 Å². The van der Waals surface area contributed by atoms with E-state index in [2.05, 4.69) is 0 Å². The molecule has 0 bridgehead atoms. The molecule has 15 N–H and O–H groups in total. The second-order valence-corrected chi connectivity index (χ2v) is 8.76. The first kappa shape index (κ1) is 27.0. The van der Waals surface area contributed by atoms with Crippen LogP contribution in [0.2, 0.25) is 0 Å². The Morgan fingerprint density at radius 3 is 1.27 bits per heavy atom. The summed E-state index contributed by atoms with van der Waals surface area (Å²) in [7, 11) is 0. The summed E-state index contributed by atoms with van der Waals surface area (Å²) in [5.74, 6) is 0. The molecule has 2 aliphatic heterocycles. The monoisotopic (exact) mass is 484 g/mol.